The number of rotatable bonds is 9. The molecule has 2 fully saturated rings. The average molecular weight is 555 g/mol. The number of H-pyrrole nitrogens is 1. The Morgan fingerprint density at radius 3 is 2.79 bits per heavy atom. The van der Waals surface area contributed by atoms with Gasteiger partial charge in [0.25, 0.3) is 5.92 Å². The van der Waals surface area contributed by atoms with Crippen molar-refractivity contribution in [2.45, 2.75) is 53.6 Å². The molecule has 204 valence electrons. The van der Waals surface area contributed by atoms with Gasteiger partial charge in [-0.2, -0.15) is 5.10 Å². The number of hydrogen-bond acceptors (Lipinski definition) is 8. The van der Waals surface area contributed by atoms with Gasteiger partial charge in [0.15, 0.2) is 11.6 Å². The second-order valence-electron chi connectivity index (χ2n) is 10.0. The summed E-state index contributed by atoms with van der Waals surface area (Å²) in [6.07, 6.45) is 5.03. The van der Waals surface area contributed by atoms with Crippen LogP contribution in [0.5, 0.6) is 0 Å². The maximum Gasteiger partial charge on any atom is 0.262 e. The van der Waals surface area contributed by atoms with Gasteiger partial charge in [-0.3, -0.25) is 14.8 Å². The van der Waals surface area contributed by atoms with E-state index in [0.29, 0.717) is 28.4 Å². The maximum atomic E-state index is 13.7. The zero-order valence-corrected chi connectivity index (χ0v) is 21.8. The number of aromatic nitrogens is 5. The predicted molar refractivity (Wildman–Crippen MR) is 143 cm³/mol. The molecule has 4 heterocycles. The average Bonchev–Trinajstić information content (AvgIpc) is 3.58. The number of nitrogens with zero attached hydrogens (tertiary/aromatic N) is 5. The number of anilines is 3. The van der Waals surface area contributed by atoms with Crippen molar-refractivity contribution in [1.82, 2.24) is 29.7 Å². The molecule has 39 heavy (non-hydrogen) atoms. The first-order valence-electron chi connectivity index (χ1n) is 12.8. The van der Waals surface area contributed by atoms with Gasteiger partial charge in [-0.15, -0.1) is 5.10 Å². The van der Waals surface area contributed by atoms with Crippen molar-refractivity contribution in [1.29, 1.82) is 0 Å². The van der Waals surface area contributed by atoms with Crippen molar-refractivity contribution in [3.63, 3.8) is 0 Å². The van der Waals surface area contributed by atoms with Gasteiger partial charge in [-0.1, -0.05) is 6.42 Å². The molecule has 0 bridgehead atoms. The highest BCUT2D eigenvalue weighted by Crippen LogP contribution is 2.36. The molecule has 4 aromatic rings. The number of alkyl halides is 2. The predicted octanol–water partition coefficient (Wildman–Crippen LogP) is 4.26. The van der Waals surface area contributed by atoms with Crippen LogP contribution in [0, 0.1) is 0 Å². The molecule has 1 aliphatic carbocycles. The lowest BCUT2D eigenvalue weighted by atomic mass is 9.83. The summed E-state index contributed by atoms with van der Waals surface area (Å²) < 4.78 is 29.1. The van der Waals surface area contributed by atoms with E-state index in [1.807, 2.05) is 36.5 Å². The van der Waals surface area contributed by atoms with E-state index in [1.165, 1.54) is 35.9 Å². The Hall–Kier alpha value is -3.55. The lowest BCUT2D eigenvalue weighted by Gasteiger charge is -2.23. The molecule has 0 radical (unpaired) electrons. The lowest BCUT2D eigenvalue weighted by Crippen LogP contribution is -2.39. The molecular weight excluding hydrogens is 526 g/mol. The summed E-state index contributed by atoms with van der Waals surface area (Å²) in [5.41, 5.74) is 2.50. The standard InChI is InChI=1S/C26H28F2N8O2S/c27-26(28)12-18(14-37)35(15-26)13-23(38)29-17-6-8-19(9-7-17)39-25-31-24(21-5-2-10-36(21)34-25)30-22-11-20(32-33-22)16-3-1-4-16/h2,5-11,16,18,37H,1,3-4,12-15H2,(H,29,38)(H2,30,31,32,33,34)/t18-/m0/s1. The Morgan fingerprint density at radius 1 is 1.23 bits per heavy atom. The molecule has 0 unspecified atom stereocenters. The number of likely N-dealkylation sites (tertiary alicyclic amines) is 1. The summed E-state index contributed by atoms with van der Waals surface area (Å²) >= 11 is 1.37. The lowest BCUT2D eigenvalue weighted by molar-refractivity contribution is -0.117. The van der Waals surface area contributed by atoms with Crippen LogP contribution < -0.4 is 10.6 Å². The molecule has 10 nitrogen and oxygen atoms in total. The van der Waals surface area contributed by atoms with Crippen molar-refractivity contribution in [3.05, 3.63) is 54.4 Å². The van der Waals surface area contributed by atoms with Crippen molar-refractivity contribution < 1.29 is 18.7 Å². The molecule has 1 aliphatic heterocycles. The van der Waals surface area contributed by atoms with Crippen molar-refractivity contribution >= 4 is 40.5 Å². The van der Waals surface area contributed by atoms with E-state index >= 15 is 0 Å². The number of aromatic amines is 1. The quantitative estimate of drug-likeness (QED) is 0.242. The fourth-order valence-corrected chi connectivity index (χ4v) is 5.68. The van der Waals surface area contributed by atoms with Crippen LogP contribution in [0.4, 0.5) is 26.1 Å². The van der Waals surface area contributed by atoms with Crippen molar-refractivity contribution in [3.8, 4) is 0 Å². The van der Waals surface area contributed by atoms with E-state index in [0.717, 1.165) is 16.1 Å². The minimum Gasteiger partial charge on any atom is -0.395 e. The van der Waals surface area contributed by atoms with Gasteiger partial charge >= 0.3 is 0 Å². The van der Waals surface area contributed by atoms with Gasteiger partial charge < -0.3 is 15.7 Å². The topological polar surface area (TPSA) is 123 Å². The van der Waals surface area contributed by atoms with Crippen LogP contribution in [-0.4, -0.2) is 72.4 Å². The summed E-state index contributed by atoms with van der Waals surface area (Å²) in [4.78, 5) is 19.3. The number of amides is 1. The largest absolute Gasteiger partial charge is 0.395 e. The molecule has 4 N–H and O–H groups in total. The monoisotopic (exact) mass is 554 g/mol. The maximum absolute atomic E-state index is 13.7. The van der Waals surface area contributed by atoms with Crippen LogP contribution in [0.2, 0.25) is 0 Å². The SMILES string of the molecule is O=C(CN1CC(F)(F)C[C@H]1CO)Nc1ccc(Sc2nc(Nc3cc(C4CCC4)[nH]n3)c3cccn3n2)cc1. The highest BCUT2D eigenvalue weighted by Gasteiger charge is 2.45. The second-order valence-corrected chi connectivity index (χ2v) is 11.1. The van der Waals surface area contributed by atoms with Gasteiger partial charge in [-0.05, 0) is 61.0 Å². The minimum atomic E-state index is -2.90. The highest BCUT2D eigenvalue weighted by atomic mass is 32.2. The summed E-state index contributed by atoms with van der Waals surface area (Å²) in [5.74, 6) is -1.42. The number of hydrogen-bond donors (Lipinski definition) is 4. The molecular formula is C26H28F2N8O2S. The number of benzene rings is 1. The Kier molecular flexibility index (Phi) is 6.95. The zero-order chi connectivity index (χ0) is 27.0. The van der Waals surface area contributed by atoms with E-state index in [4.69, 9.17) is 4.98 Å². The zero-order valence-electron chi connectivity index (χ0n) is 21.0. The van der Waals surface area contributed by atoms with E-state index in [9.17, 15) is 18.7 Å². The Bertz CT molecular complexity index is 1470. The molecule has 0 spiro atoms. The Labute approximate surface area is 227 Å². The molecule has 2 aliphatic rings. The molecule has 3 aromatic heterocycles. The first-order valence-corrected chi connectivity index (χ1v) is 13.6. The Morgan fingerprint density at radius 2 is 2.05 bits per heavy atom. The number of aliphatic hydroxyl groups excluding tert-OH is 1. The van der Waals surface area contributed by atoms with Gasteiger partial charge in [0.1, 0.15) is 5.52 Å². The van der Waals surface area contributed by atoms with Crippen LogP contribution in [0.3, 0.4) is 0 Å². The van der Waals surface area contributed by atoms with E-state index in [2.05, 4.69) is 25.9 Å². The van der Waals surface area contributed by atoms with Gasteiger partial charge in [0.2, 0.25) is 11.1 Å². The molecule has 1 aromatic carbocycles. The number of fused-ring (bicyclic) bond motifs is 1. The van der Waals surface area contributed by atoms with Crippen LogP contribution in [0.15, 0.2) is 58.7 Å². The van der Waals surface area contributed by atoms with Crippen LogP contribution in [0.1, 0.15) is 37.3 Å². The molecule has 1 saturated carbocycles. The molecule has 13 heteroatoms. The number of nitrogens with one attached hydrogen (secondary N) is 3. The highest BCUT2D eigenvalue weighted by molar-refractivity contribution is 7.99. The van der Waals surface area contributed by atoms with Crippen LogP contribution in [0.25, 0.3) is 5.52 Å². The fraction of sp³-hybridized carbons (Fsp3) is 0.385. The molecule has 1 amide bonds. The third-order valence-electron chi connectivity index (χ3n) is 7.15. The summed E-state index contributed by atoms with van der Waals surface area (Å²) in [6.45, 7) is -1.16. The number of carbonyl (C=O) groups excluding carboxylic acids is 1. The third-order valence-corrected chi connectivity index (χ3v) is 8.01. The number of carbonyl (C=O) groups is 1. The van der Waals surface area contributed by atoms with Gasteiger partial charge in [-0.25, -0.2) is 18.3 Å². The smallest absolute Gasteiger partial charge is 0.262 e. The van der Waals surface area contributed by atoms with E-state index in [-0.39, 0.29) is 6.54 Å². The van der Waals surface area contributed by atoms with Gasteiger partial charge in [0.05, 0.1) is 19.7 Å². The molecule has 1 saturated heterocycles. The van der Waals surface area contributed by atoms with Crippen LogP contribution in [-0.2, 0) is 4.79 Å². The van der Waals surface area contributed by atoms with Crippen molar-refractivity contribution in [2.24, 2.45) is 0 Å². The summed E-state index contributed by atoms with van der Waals surface area (Å²) in [5, 5.41) is 28.1. The van der Waals surface area contributed by atoms with E-state index in [1.54, 1.807) is 16.6 Å². The minimum absolute atomic E-state index is 0.212. The number of aliphatic hydroxyl groups is 1. The summed E-state index contributed by atoms with van der Waals surface area (Å²) in [7, 11) is 0. The van der Waals surface area contributed by atoms with Crippen LogP contribution >= 0.6 is 11.8 Å². The van der Waals surface area contributed by atoms with Gasteiger partial charge in [0, 0.05) is 46.9 Å². The Balaban J connectivity index is 1.11. The normalized spacial score (nSPS) is 19.3. The first kappa shape index (κ1) is 25.7. The molecule has 6 rings (SSSR count). The second kappa shape index (κ2) is 10.5. The molecule has 1 atom stereocenters. The third kappa shape index (κ3) is 5.75. The van der Waals surface area contributed by atoms with Crippen molar-refractivity contribution in [2.75, 3.05) is 30.3 Å². The van der Waals surface area contributed by atoms with E-state index < -0.39 is 37.4 Å². The number of halogens is 2. The summed E-state index contributed by atoms with van der Waals surface area (Å²) in [6, 6.07) is 12.3. The first-order chi connectivity index (χ1) is 18.8. The fourth-order valence-electron chi connectivity index (χ4n) is 4.93.